The Hall–Kier alpha value is -3.48. The molecule has 3 aromatic rings. The highest BCUT2D eigenvalue weighted by Gasteiger charge is 2.15. The molecule has 0 aliphatic rings. The van der Waals surface area contributed by atoms with Crippen molar-refractivity contribution in [3.63, 3.8) is 0 Å². The van der Waals surface area contributed by atoms with Gasteiger partial charge in [0.2, 0.25) is 0 Å². The van der Waals surface area contributed by atoms with Gasteiger partial charge in [0.25, 0.3) is 5.91 Å². The van der Waals surface area contributed by atoms with Gasteiger partial charge in [-0.05, 0) is 60.5 Å². The molecule has 0 atom stereocenters. The van der Waals surface area contributed by atoms with Crippen molar-refractivity contribution < 1.29 is 23.7 Å². The minimum atomic E-state index is -0.513. The van der Waals surface area contributed by atoms with Crippen molar-refractivity contribution in [3.8, 4) is 29.1 Å². The number of hydrogen-bond donors (Lipinski definition) is 1. The van der Waals surface area contributed by atoms with Gasteiger partial charge in [-0.2, -0.15) is 5.26 Å². The zero-order chi connectivity index (χ0) is 26.8. The number of hydrogen-bond acceptors (Lipinski definition) is 6. The lowest BCUT2D eigenvalue weighted by atomic mass is 10.1. The molecule has 9 heteroatoms. The van der Waals surface area contributed by atoms with Crippen LogP contribution in [0.5, 0.6) is 23.0 Å². The summed E-state index contributed by atoms with van der Waals surface area (Å²) in [4.78, 5) is 12.8. The van der Waals surface area contributed by atoms with E-state index < -0.39 is 5.91 Å². The van der Waals surface area contributed by atoms with Gasteiger partial charge in [-0.3, -0.25) is 4.79 Å². The molecule has 1 amide bonds. The topological polar surface area (TPSA) is 89.8 Å². The third-order valence-electron chi connectivity index (χ3n) is 5.27. The van der Waals surface area contributed by atoms with Crippen LogP contribution in [-0.2, 0) is 17.9 Å². The van der Waals surface area contributed by atoms with Crippen LogP contribution >= 0.6 is 31.9 Å². The summed E-state index contributed by atoms with van der Waals surface area (Å²) in [5.74, 6) is 1.76. The average molecular weight is 630 g/mol. The van der Waals surface area contributed by atoms with E-state index >= 15 is 0 Å². The summed E-state index contributed by atoms with van der Waals surface area (Å²) < 4.78 is 24.0. The van der Waals surface area contributed by atoms with E-state index in [0.29, 0.717) is 46.2 Å². The van der Waals surface area contributed by atoms with Gasteiger partial charge in [-0.1, -0.05) is 44.0 Å². The second kappa shape index (κ2) is 13.7. The van der Waals surface area contributed by atoms with Crippen LogP contribution in [0.3, 0.4) is 0 Å². The molecule has 0 radical (unpaired) electrons. The highest BCUT2D eigenvalue weighted by molar-refractivity contribution is 9.10. The molecule has 0 aliphatic carbocycles. The Bertz CT molecular complexity index is 1320. The molecule has 0 saturated carbocycles. The monoisotopic (exact) mass is 628 g/mol. The molecular formula is C28H26Br2N2O5. The second-order valence-electron chi connectivity index (χ2n) is 7.70. The summed E-state index contributed by atoms with van der Waals surface area (Å²) in [5.41, 5.74) is 2.30. The van der Waals surface area contributed by atoms with Gasteiger partial charge < -0.3 is 24.3 Å². The standard InChI is InChI=1S/C28H26Br2N2O5/c1-4-36-26-12-20(24(30)14-27(26)37-17-18-5-8-22(29)9-6-18)11-21(15-31)28(33)32-16-19-7-10-23(34-2)13-25(19)35-3/h5-14H,4,16-17H2,1-3H3,(H,32,33)/b21-11+. The van der Waals surface area contributed by atoms with Crippen LogP contribution in [0.1, 0.15) is 23.6 Å². The molecule has 192 valence electrons. The molecule has 0 heterocycles. The lowest BCUT2D eigenvalue weighted by Gasteiger charge is -2.14. The van der Waals surface area contributed by atoms with Gasteiger partial charge in [0.05, 0.1) is 20.8 Å². The molecule has 7 nitrogen and oxygen atoms in total. The van der Waals surface area contributed by atoms with Crippen molar-refractivity contribution in [2.24, 2.45) is 0 Å². The molecule has 0 bridgehead atoms. The van der Waals surface area contributed by atoms with Crippen LogP contribution in [0.4, 0.5) is 0 Å². The quantitative estimate of drug-likeness (QED) is 0.194. The average Bonchev–Trinajstić information content (AvgIpc) is 2.91. The Labute approximate surface area is 233 Å². The molecule has 0 unspecified atom stereocenters. The van der Waals surface area contributed by atoms with Gasteiger partial charge in [0, 0.05) is 27.1 Å². The molecule has 3 rings (SSSR count). The van der Waals surface area contributed by atoms with Crippen LogP contribution < -0.4 is 24.3 Å². The van der Waals surface area contributed by atoms with Gasteiger partial charge >= 0.3 is 0 Å². The maximum Gasteiger partial charge on any atom is 0.262 e. The normalized spacial score (nSPS) is 10.9. The summed E-state index contributed by atoms with van der Waals surface area (Å²) in [6.07, 6.45) is 1.51. The maximum atomic E-state index is 12.8. The Morgan fingerprint density at radius 2 is 1.70 bits per heavy atom. The lowest BCUT2D eigenvalue weighted by molar-refractivity contribution is -0.117. The van der Waals surface area contributed by atoms with Gasteiger partial charge in [0.1, 0.15) is 29.7 Å². The summed E-state index contributed by atoms with van der Waals surface area (Å²) in [7, 11) is 3.11. The Morgan fingerprint density at radius 1 is 0.973 bits per heavy atom. The van der Waals surface area contributed by atoms with Crippen LogP contribution in [0, 0.1) is 11.3 Å². The van der Waals surface area contributed by atoms with Crippen molar-refractivity contribution in [1.82, 2.24) is 5.32 Å². The summed E-state index contributed by atoms with van der Waals surface area (Å²) in [6.45, 7) is 2.83. The van der Waals surface area contributed by atoms with E-state index in [1.807, 2.05) is 37.3 Å². The van der Waals surface area contributed by atoms with E-state index in [0.717, 1.165) is 15.6 Å². The van der Waals surface area contributed by atoms with Crippen molar-refractivity contribution in [2.75, 3.05) is 20.8 Å². The molecule has 3 aromatic carbocycles. The Kier molecular flexibility index (Phi) is 10.4. The molecular weight excluding hydrogens is 604 g/mol. The minimum absolute atomic E-state index is 0.0563. The van der Waals surface area contributed by atoms with Crippen molar-refractivity contribution in [1.29, 1.82) is 5.26 Å². The second-order valence-corrected chi connectivity index (χ2v) is 9.47. The predicted octanol–water partition coefficient (Wildman–Crippen LogP) is 6.43. The number of carbonyl (C=O) groups excluding carboxylic acids is 1. The number of ether oxygens (including phenoxy) is 4. The first-order valence-electron chi connectivity index (χ1n) is 11.3. The van der Waals surface area contributed by atoms with Gasteiger partial charge in [0.15, 0.2) is 11.5 Å². The number of nitriles is 1. The number of rotatable bonds is 11. The molecule has 0 aliphatic heterocycles. The fourth-order valence-electron chi connectivity index (χ4n) is 3.36. The number of halogens is 2. The molecule has 37 heavy (non-hydrogen) atoms. The molecule has 1 N–H and O–H groups in total. The SMILES string of the molecule is CCOc1cc(/C=C(\C#N)C(=O)NCc2ccc(OC)cc2OC)c(Br)cc1OCc1ccc(Br)cc1. The van der Waals surface area contributed by atoms with Crippen LogP contribution in [0.15, 0.2) is 69.1 Å². The van der Waals surface area contributed by atoms with Gasteiger partial charge in [-0.25, -0.2) is 0 Å². The molecule has 0 aromatic heterocycles. The molecule has 0 fully saturated rings. The van der Waals surface area contributed by atoms with Crippen LogP contribution in [0.25, 0.3) is 6.08 Å². The van der Waals surface area contributed by atoms with E-state index in [4.69, 9.17) is 18.9 Å². The number of methoxy groups -OCH3 is 2. The van der Waals surface area contributed by atoms with Crippen LogP contribution in [0.2, 0.25) is 0 Å². The van der Waals surface area contributed by atoms with E-state index in [1.54, 1.807) is 44.6 Å². The number of nitrogens with zero attached hydrogens (tertiary/aromatic N) is 1. The lowest BCUT2D eigenvalue weighted by Crippen LogP contribution is -2.24. The van der Waals surface area contributed by atoms with E-state index in [-0.39, 0.29) is 12.1 Å². The van der Waals surface area contributed by atoms with Crippen molar-refractivity contribution in [3.05, 3.63) is 85.8 Å². The fraction of sp³-hybridized carbons (Fsp3) is 0.214. The number of amides is 1. The van der Waals surface area contributed by atoms with E-state index in [9.17, 15) is 10.1 Å². The first kappa shape index (κ1) is 28.1. The first-order chi connectivity index (χ1) is 17.9. The Balaban J connectivity index is 1.78. The maximum absolute atomic E-state index is 12.8. The highest BCUT2D eigenvalue weighted by Crippen LogP contribution is 2.35. The van der Waals surface area contributed by atoms with Crippen molar-refractivity contribution in [2.45, 2.75) is 20.1 Å². The smallest absolute Gasteiger partial charge is 0.262 e. The zero-order valence-electron chi connectivity index (χ0n) is 20.6. The number of benzene rings is 3. The number of carbonyl (C=O) groups is 1. The highest BCUT2D eigenvalue weighted by atomic mass is 79.9. The van der Waals surface area contributed by atoms with Crippen molar-refractivity contribution >= 4 is 43.8 Å². The first-order valence-corrected chi connectivity index (χ1v) is 12.9. The molecule has 0 spiro atoms. The zero-order valence-corrected chi connectivity index (χ0v) is 23.8. The predicted molar refractivity (Wildman–Crippen MR) is 149 cm³/mol. The molecule has 0 saturated heterocycles. The third kappa shape index (κ3) is 7.75. The Morgan fingerprint density at radius 3 is 2.35 bits per heavy atom. The minimum Gasteiger partial charge on any atom is -0.497 e. The van der Waals surface area contributed by atoms with E-state index in [1.165, 1.54) is 6.08 Å². The fourth-order valence-corrected chi connectivity index (χ4v) is 4.06. The third-order valence-corrected chi connectivity index (χ3v) is 6.48. The summed E-state index contributed by atoms with van der Waals surface area (Å²) in [5, 5.41) is 12.4. The summed E-state index contributed by atoms with van der Waals surface area (Å²) in [6, 6.07) is 18.6. The van der Waals surface area contributed by atoms with E-state index in [2.05, 4.69) is 37.2 Å². The largest absolute Gasteiger partial charge is 0.497 e. The van der Waals surface area contributed by atoms with Crippen LogP contribution in [-0.4, -0.2) is 26.7 Å². The number of nitrogens with one attached hydrogen (secondary N) is 1. The summed E-state index contributed by atoms with van der Waals surface area (Å²) >= 11 is 6.95. The van der Waals surface area contributed by atoms with Gasteiger partial charge in [-0.15, -0.1) is 0 Å².